The topological polar surface area (TPSA) is 37.3 Å². The summed E-state index contributed by atoms with van der Waals surface area (Å²) in [5, 5.41) is 9.30. The third kappa shape index (κ3) is 2.09. The lowest BCUT2D eigenvalue weighted by Crippen LogP contribution is -2.28. The van der Waals surface area contributed by atoms with Crippen LogP contribution in [-0.2, 0) is 19.3 Å². The number of carbonyl (C=O) groups is 1. The van der Waals surface area contributed by atoms with Crippen LogP contribution in [0.1, 0.15) is 65.7 Å². The molecule has 1 aromatic heterocycles. The second kappa shape index (κ2) is 5.04. The Bertz CT molecular complexity index is 455. The summed E-state index contributed by atoms with van der Waals surface area (Å²) in [4.78, 5) is 13.2. The maximum absolute atomic E-state index is 11.3. The number of rotatable bonds is 4. The fourth-order valence-corrected chi connectivity index (χ4v) is 4.33. The summed E-state index contributed by atoms with van der Waals surface area (Å²) >= 11 is 1.51. The van der Waals surface area contributed by atoms with Gasteiger partial charge >= 0.3 is 5.97 Å². The lowest BCUT2D eigenvalue weighted by atomic mass is 9.68. The summed E-state index contributed by atoms with van der Waals surface area (Å²) in [6.07, 6.45) is 6.54. The van der Waals surface area contributed by atoms with Crippen molar-refractivity contribution in [3.8, 4) is 0 Å². The minimum atomic E-state index is -0.739. The average molecular weight is 266 g/mol. The van der Waals surface area contributed by atoms with E-state index in [0.29, 0.717) is 10.3 Å². The lowest BCUT2D eigenvalue weighted by Gasteiger charge is -2.36. The third-order valence-corrected chi connectivity index (χ3v) is 6.08. The highest BCUT2D eigenvalue weighted by molar-refractivity contribution is 7.14. The smallest absolute Gasteiger partial charge is 0.346 e. The van der Waals surface area contributed by atoms with Crippen LogP contribution < -0.4 is 0 Å². The Labute approximate surface area is 113 Å². The second-order valence-electron chi connectivity index (χ2n) is 5.35. The van der Waals surface area contributed by atoms with Crippen LogP contribution in [-0.4, -0.2) is 11.1 Å². The number of carboxylic acids is 1. The van der Waals surface area contributed by atoms with Crippen LogP contribution in [0.25, 0.3) is 0 Å². The Kier molecular flexibility index (Phi) is 3.81. The molecule has 0 saturated carbocycles. The van der Waals surface area contributed by atoms with E-state index in [9.17, 15) is 9.90 Å². The molecule has 0 spiro atoms. The van der Waals surface area contributed by atoms with Gasteiger partial charge in [-0.25, -0.2) is 4.79 Å². The summed E-state index contributed by atoms with van der Waals surface area (Å²) in [6, 6.07) is 0. The molecule has 0 unspecified atom stereocenters. The van der Waals surface area contributed by atoms with Gasteiger partial charge in [0.2, 0.25) is 0 Å². The molecule has 1 heterocycles. The van der Waals surface area contributed by atoms with Crippen molar-refractivity contribution in [3.63, 3.8) is 0 Å². The number of hydrogen-bond donors (Lipinski definition) is 1. The number of carboxylic acid groups (broad SMARTS) is 1. The Hall–Kier alpha value is -0.830. The van der Waals surface area contributed by atoms with Gasteiger partial charge in [-0.1, -0.05) is 33.6 Å². The number of hydrogen-bond acceptors (Lipinski definition) is 2. The van der Waals surface area contributed by atoms with Crippen molar-refractivity contribution in [2.24, 2.45) is 5.41 Å². The largest absolute Gasteiger partial charge is 0.477 e. The lowest BCUT2D eigenvalue weighted by molar-refractivity contribution is 0.0700. The normalized spacial score (nSPS) is 17.5. The Morgan fingerprint density at radius 1 is 1.28 bits per heavy atom. The van der Waals surface area contributed by atoms with E-state index in [1.54, 1.807) is 0 Å². The van der Waals surface area contributed by atoms with Crippen LogP contribution in [0.3, 0.4) is 0 Å². The van der Waals surface area contributed by atoms with E-state index < -0.39 is 5.97 Å². The van der Waals surface area contributed by atoms with Gasteiger partial charge in [0.15, 0.2) is 0 Å². The molecule has 3 heteroatoms. The van der Waals surface area contributed by atoms with E-state index in [0.717, 1.165) is 31.2 Å². The molecule has 2 rings (SSSR count). The molecule has 1 aliphatic rings. The first-order valence-electron chi connectivity index (χ1n) is 6.93. The predicted octanol–water partition coefficient (Wildman–Crippen LogP) is 4.30. The van der Waals surface area contributed by atoms with Gasteiger partial charge in [-0.05, 0) is 42.2 Å². The highest BCUT2D eigenvalue weighted by Crippen LogP contribution is 2.45. The molecular formula is C15H22O2S. The third-order valence-electron chi connectivity index (χ3n) is 4.67. The molecule has 0 aliphatic heterocycles. The molecule has 0 atom stereocenters. The number of aryl methyl sites for hydroxylation is 1. The molecule has 0 saturated heterocycles. The van der Waals surface area contributed by atoms with Crippen molar-refractivity contribution in [2.45, 2.75) is 59.3 Å². The van der Waals surface area contributed by atoms with E-state index in [1.165, 1.54) is 34.6 Å². The maximum Gasteiger partial charge on any atom is 0.346 e. The number of aromatic carboxylic acids is 1. The minimum absolute atomic E-state index is 0.410. The van der Waals surface area contributed by atoms with Gasteiger partial charge in [0.1, 0.15) is 4.88 Å². The summed E-state index contributed by atoms with van der Waals surface area (Å²) in [7, 11) is 0. The summed E-state index contributed by atoms with van der Waals surface area (Å²) in [5.41, 5.74) is 2.92. The molecule has 2 nitrogen and oxygen atoms in total. The highest BCUT2D eigenvalue weighted by Gasteiger charge is 2.35. The first-order chi connectivity index (χ1) is 8.56. The zero-order valence-electron chi connectivity index (χ0n) is 11.5. The van der Waals surface area contributed by atoms with E-state index in [-0.39, 0.29) is 0 Å². The molecule has 0 amide bonds. The van der Waals surface area contributed by atoms with Crippen molar-refractivity contribution >= 4 is 17.3 Å². The summed E-state index contributed by atoms with van der Waals surface area (Å²) in [5.74, 6) is -0.739. The molecule has 1 N–H and O–H groups in total. The number of thiophene rings is 1. The molecule has 1 aromatic rings. The van der Waals surface area contributed by atoms with Crippen LogP contribution in [0.15, 0.2) is 0 Å². The molecule has 0 aromatic carbocycles. The van der Waals surface area contributed by atoms with Gasteiger partial charge in [-0.15, -0.1) is 11.3 Å². The Morgan fingerprint density at radius 2 is 1.94 bits per heavy atom. The van der Waals surface area contributed by atoms with Gasteiger partial charge in [-0.2, -0.15) is 0 Å². The van der Waals surface area contributed by atoms with Gasteiger partial charge in [0.25, 0.3) is 0 Å². The van der Waals surface area contributed by atoms with Crippen molar-refractivity contribution in [2.75, 3.05) is 0 Å². The van der Waals surface area contributed by atoms with Crippen LogP contribution >= 0.6 is 11.3 Å². The zero-order chi connectivity index (χ0) is 13.3. The van der Waals surface area contributed by atoms with Crippen molar-refractivity contribution in [1.29, 1.82) is 0 Å². The minimum Gasteiger partial charge on any atom is -0.477 e. The van der Waals surface area contributed by atoms with Crippen LogP contribution in [0.5, 0.6) is 0 Å². The van der Waals surface area contributed by atoms with Gasteiger partial charge < -0.3 is 5.11 Å². The molecule has 0 fully saturated rings. The van der Waals surface area contributed by atoms with E-state index in [2.05, 4.69) is 20.8 Å². The summed E-state index contributed by atoms with van der Waals surface area (Å²) in [6.45, 7) is 6.67. The molecular weight excluding hydrogens is 244 g/mol. The maximum atomic E-state index is 11.3. The molecule has 100 valence electrons. The van der Waals surface area contributed by atoms with Crippen molar-refractivity contribution < 1.29 is 9.90 Å². The van der Waals surface area contributed by atoms with Crippen LogP contribution in [0.2, 0.25) is 0 Å². The monoisotopic (exact) mass is 266 g/mol. The molecule has 18 heavy (non-hydrogen) atoms. The van der Waals surface area contributed by atoms with E-state index in [4.69, 9.17) is 0 Å². The molecule has 1 aliphatic carbocycles. The molecule has 0 radical (unpaired) electrons. The number of fused-ring (bicyclic) bond motifs is 1. The van der Waals surface area contributed by atoms with Crippen LogP contribution in [0.4, 0.5) is 0 Å². The van der Waals surface area contributed by atoms with Crippen molar-refractivity contribution in [3.05, 3.63) is 20.9 Å². The van der Waals surface area contributed by atoms with Gasteiger partial charge in [0, 0.05) is 4.88 Å². The SMILES string of the molecule is CCc1sc(C(=O)O)c2c1CC(CC)(CC)CC2. The predicted molar refractivity (Wildman–Crippen MR) is 75.7 cm³/mol. The van der Waals surface area contributed by atoms with Crippen molar-refractivity contribution in [1.82, 2.24) is 0 Å². The quantitative estimate of drug-likeness (QED) is 0.882. The fourth-order valence-electron chi connectivity index (χ4n) is 3.19. The van der Waals surface area contributed by atoms with Gasteiger partial charge in [0.05, 0.1) is 0 Å². The first-order valence-corrected chi connectivity index (χ1v) is 7.75. The Morgan fingerprint density at radius 3 is 2.44 bits per heavy atom. The fraction of sp³-hybridized carbons (Fsp3) is 0.667. The first kappa shape index (κ1) is 13.6. The van der Waals surface area contributed by atoms with E-state index in [1.807, 2.05) is 0 Å². The molecule has 0 bridgehead atoms. The second-order valence-corrected chi connectivity index (χ2v) is 6.46. The van der Waals surface area contributed by atoms with E-state index >= 15 is 0 Å². The average Bonchev–Trinajstić information content (AvgIpc) is 2.76. The zero-order valence-corrected chi connectivity index (χ0v) is 12.3. The van der Waals surface area contributed by atoms with Crippen LogP contribution in [0, 0.1) is 5.41 Å². The Balaban J connectivity index is 2.46. The highest BCUT2D eigenvalue weighted by atomic mass is 32.1. The standard InChI is InChI=1S/C15H22O2S/c1-4-12-11-9-15(5-2,6-3)8-7-10(11)13(18-12)14(16)17/h4-9H2,1-3H3,(H,16,17). The van der Waals surface area contributed by atoms with Gasteiger partial charge in [-0.3, -0.25) is 0 Å². The summed E-state index contributed by atoms with van der Waals surface area (Å²) < 4.78 is 0.